The van der Waals surface area contributed by atoms with E-state index in [1.54, 1.807) is 5.57 Å². The van der Waals surface area contributed by atoms with Crippen molar-refractivity contribution in [1.82, 2.24) is 0 Å². The second-order valence-corrected chi connectivity index (χ2v) is 11.0. The van der Waals surface area contributed by atoms with Gasteiger partial charge in [-0.15, -0.1) is 0 Å². The average Bonchev–Trinajstić information content (AvgIpc) is 3.04. The zero-order valence-electron chi connectivity index (χ0n) is 19.9. The lowest BCUT2D eigenvalue weighted by Gasteiger charge is -2.44. The molecule has 0 aromatic carbocycles. The summed E-state index contributed by atoms with van der Waals surface area (Å²) in [6.07, 6.45) is 15.8. The average molecular weight is 413 g/mol. The summed E-state index contributed by atoms with van der Waals surface area (Å²) in [5.41, 5.74) is 3.77. The third kappa shape index (κ3) is 4.86. The number of hydrogen-bond donors (Lipinski definition) is 2. The largest absolute Gasteiger partial charge is 0.393 e. The van der Waals surface area contributed by atoms with Gasteiger partial charge in [-0.25, -0.2) is 0 Å². The molecule has 0 saturated heterocycles. The summed E-state index contributed by atoms with van der Waals surface area (Å²) in [5.74, 6) is 3.38. The van der Waals surface area contributed by atoms with E-state index in [0.29, 0.717) is 41.9 Å². The lowest BCUT2D eigenvalue weighted by molar-refractivity contribution is 0.0862. The van der Waals surface area contributed by atoms with E-state index in [4.69, 9.17) is 0 Å². The highest BCUT2D eigenvalue weighted by atomic mass is 16.3. The molecule has 1 unspecified atom stereocenters. The smallest absolute Gasteiger partial charge is 0.0811 e. The molecule has 3 aliphatic carbocycles. The predicted molar refractivity (Wildman–Crippen MR) is 127 cm³/mol. The number of aliphatic hydroxyl groups excluding tert-OH is 2. The SMILES string of the molecule is C=C1C(=CC=C2CCC[C@]3(C)[C@@H](C(C)C=C[C@H](C)C(C)C)CC[C@@H]23)C[C@@H](O)C[C@@H]1O. The van der Waals surface area contributed by atoms with Crippen LogP contribution in [0.5, 0.6) is 0 Å². The van der Waals surface area contributed by atoms with Gasteiger partial charge in [-0.1, -0.05) is 71.1 Å². The van der Waals surface area contributed by atoms with Crippen LogP contribution in [0.25, 0.3) is 0 Å². The van der Waals surface area contributed by atoms with E-state index in [2.05, 4.69) is 65.5 Å². The Bertz CT molecular complexity index is 712. The highest BCUT2D eigenvalue weighted by Crippen LogP contribution is 2.59. The van der Waals surface area contributed by atoms with Gasteiger partial charge in [-0.3, -0.25) is 0 Å². The number of fused-ring (bicyclic) bond motifs is 1. The highest BCUT2D eigenvalue weighted by molar-refractivity contribution is 5.38. The lowest BCUT2D eigenvalue weighted by atomic mass is 9.61. The van der Waals surface area contributed by atoms with Crippen molar-refractivity contribution in [3.8, 4) is 0 Å². The van der Waals surface area contributed by atoms with E-state index in [0.717, 1.165) is 17.1 Å². The zero-order valence-corrected chi connectivity index (χ0v) is 19.9. The first-order chi connectivity index (χ1) is 14.1. The van der Waals surface area contributed by atoms with Crippen LogP contribution in [0.1, 0.15) is 79.6 Å². The summed E-state index contributed by atoms with van der Waals surface area (Å²) in [4.78, 5) is 0. The van der Waals surface area contributed by atoms with Gasteiger partial charge in [0.1, 0.15) is 0 Å². The summed E-state index contributed by atoms with van der Waals surface area (Å²) in [6, 6.07) is 0. The molecule has 168 valence electrons. The van der Waals surface area contributed by atoms with Crippen molar-refractivity contribution in [2.45, 2.75) is 91.8 Å². The van der Waals surface area contributed by atoms with Crippen LogP contribution in [0.3, 0.4) is 0 Å². The third-order valence-electron chi connectivity index (χ3n) is 8.71. The van der Waals surface area contributed by atoms with Crippen molar-refractivity contribution in [3.05, 3.63) is 47.6 Å². The molecule has 7 atom stereocenters. The predicted octanol–water partition coefficient (Wildman–Crippen LogP) is 6.61. The van der Waals surface area contributed by atoms with Gasteiger partial charge in [-0.05, 0) is 84.7 Å². The fraction of sp³-hybridized carbons (Fsp3) is 0.714. The Labute approximate surface area is 184 Å². The van der Waals surface area contributed by atoms with Crippen molar-refractivity contribution < 1.29 is 10.2 Å². The topological polar surface area (TPSA) is 40.5 Å². The van der Waals surface area contributed by atoms with Gasteiger partial charge in [0.2, 0.25) is 0 Å². The minimum absolute atomic E-state index is 0.385. The summed E-state index contributed by atoms with van der Waals surface area (Å²) in [5, 5.41) is 20.2. The number of aliphatic hydroxyl groups is 2. The molecule has 2 heteroatoms. The number of hydrogen-bond acceptors (Lipinski definition) is 2. The van der Waals surface area contributed by atoms with E-state index in [1.807, 2.05) is 0 Å². The molecule has 0 bridgehead atoms. The van der Waals surface area contributed by atoms with Gasteiger partial charge in [0.05, 0.1) is 12.2 Å². The van der Waals surface area contributed by atoms with E-state index >= 15 is 0 Å². The molecule has 30 heavy (non-hydrogen) atoms. The van der Waals surface area contributed by atoms with Crippen LogP contribution in [0.4, 0.5) is 0 Å². The molecule has 0 heterocycles. The molecule has 0 aromatic heterocycles. The molecule has 0 aliphatic heterocycles. The minimum atomic E-state index is -0.605. The second-order valence-electron chi connectivity index (χ2n) is 11.0. The van der Waals surface area contributed by atoms with Gasteiger partial charge >= 0.3 is 0 Å². The van der Waals surface area contributed by atoms with Crippen LogP contribution in [0.2, 0.25) is 0 Å². The molecule has 0 radical (unpaired) electrons. The van der Waals surface area contributed by atoms with Crippen molar-refractivity contribution in [2.75, 3.05) is 0 Å². The first-order valence-corrected chi connectivity index (χ1v) is 12.3. The van der Waals surface area contributed by atoms with Crippen LogP contribution in [0, 0.1) is 35.0 Å². The monoisotopic (exact) mass is 412 g/mol. The van der Waals surface area contributed by atoms with Crippen LogP contribution in [0.15, 0.2) is 47.6 Å². The summed E-state index contributed by atoms with van der Waals surface area (Å²) < 4.78 is 0. The van der Waals surface area contributed by atoms with E-state index in [9.17, 15) is 10.2 Å². The fourth-order valence-electron chi connectivity index (χ4n) is 6.32. The molecule has 0 spiro atoms. The molecular weight excluding hydrogens is 368 g/mol. The van der Waals surface area contributed by atoms with E-state index < -0.39 is 12.2 Å². The van der Waals surface area contributed by atoms with Gasteiger partial charge in [-0.2, -0.15) is 0 Å². The van der Waals surface area contributed by atoms with E-state index in [1.165, 1.54) is 32.1 Å². The van der Waals surface area contributed by atoms with Crippen molar-refractivity contribution in [3.63, 3.8) is 0 Å². The van der Waals surface area contributed by atoms with Crippen LogP contribution >= 0.6 is 0 Å². The molecule has 3 fully saturated rings. The lowest BCUT2D eigenvalue weighted by Crippen LogP contribution is -2.35. The Morgan fingerprint density at radius 2 is 1.80 bits per heavy atom. The quantitative estimate of drug-likeness (QED) is 0.499. The first kappa shape index (κ1) is 23.5. The standard InChI is InChI=1S/C28H44O2/c1-18(2)19(3)9-10-20(4)25-13-14-26-22(8-7-15-28(25,26)6)11-12-23-16-24(29)17-27(30)21(23)5/h9-12,18-20,24-27,29-30H,5,7-8,13-17H2,1-4,6H3/t19-,20?,24+,25+,26-,27-,28+/m0/s1. The molecule has 2 nitrogen and oxygen atoms in total. The molecule has 2 N–H and O–H groups in total. The maximum absolute atomic E-state index is 10.1. The molecule has 3 aliphatic rings. The molecular formula is C28H44O2. The Balaban J connectivity index is 1.76. The van der Waals surface area contributed by atoms with Gasteiger partial charge < -0.3 is 10.2 Å². The Morgan fingerprint density at radius 3 is 2.50 bits per heavy atom. The second kappa shape index (κ2) is 9.57. The summed E-state index contributed by atoms with van der Waals surface area (Å²) >= 11 is 0. The summed E-state index contributed by atoms with van der Waals surface area (Å²) in [7, 11) is 0. The number of rotatable bonds is 5. The number of allylic oxidation sites excluding steroid dienone is 5. The maximum Gasteiger partial charge on any atom is 0.0811 e. The van der Waals surface area contributed by atoms with Crippen LogP contribution in [-0.2, 0) is 0 Å². The van der Waals surface area contributed by atoms with Crippen molar-refractivity contribution in [2.24, 2.45) is 35.0 Å². The molecule has 0 aromatic rings. The van der Waals surface area contributed by atoms with Crippen LogP contribution in [-0.4, -0.2) is 22.4 Å². The van der Waals surface area contributed by atoms with Crippen molar-refractivity contribution >= 4 is 0 Å². The van der Waals surface area contributed by atoms with Crippen molar-refractivity contribution in [1.29, 1.82) is 0 Å². The maximum atomic E-state index is 10.1. The van der Waals surface area contributed by atoms with Gasteiger partial charge in [0.25, 0.3) is 0 Å². The molecule has 0 amide bonds. The Morgan fingerprint density at radius 1 is 1.07 bits per heavy atom. The fourth-order valence-corrected chi connectivity index (χ4v) is 6.32. The first-order valence-electron chi connectivity index (χ1n) is 12.3. The van der Waals surface area contributed by atoms with Gasteiger partial charge in [0, 0.05) is 6.42 Å². The Hall–Kier alpha value is -1.12. The summed E-state index contributed by atoms with van der Waals surface area (Å²) in [6.45, 7) is 16.0. The zero-order chi connectivity index (χ0) is 22.1. The Kier molecular flexibility index (Phi) is 7.51. The van der Waals surface area contributed by atoms with Crippen LogP contribution < -0.4 is 0 Å². The molecule has 3 rings (SSSR count). The normalized spacial score (nSPS) is 39.8. The minimum Gasteiger partial charge on any atom is -0.393 e. The van der Waals surface area contributed by atoms with Gasteiger partial charge in [0.15, 0.2) is 0 Å². The third-order valence-corrected chi connectivity index (χ3v) is 8.71. The van der Waals surface area contributed by atoms with E-state index in [-0.39, 0.29) is 0 Å². The highest BCUT2D eigenvalue weighted by Gasteiger charge is 2.50. The molecule has 3 saturated carbocycles.